The molecule has 100 valence electrons. The van der Waals surface area contributed by atoms with E-state index in [1.807, 2.05) is 38.1 Å². The van der Waals surface area contributed by atoms with Crippen LogP contribution in [0.5, 0.6) is 0 Å². The molecule has 0 aliphatic heterocycles. The second kappa shape index (κ2) is 5.32. The van der Waals surface area contributed by atoms with Crippen molar-refractivity contribution in [1.29, 1.82) is 0 Å². The van der Waals surface area contributed by atoms with Gasteiger partial charge in [0.2, 0.25) is 0 Å². The predicted octanol–water partition coefficient (Wildman–Crippen LogP) is 4.40. The van der Waals surface area contributed by atoms with Gasteiger partial charge < -0.3 is 5.73 Å². The standard InChI is InChI=1S/C16H17ClFN/c1-3-16(19,12-5-4-6-14(18)9-12)13-8-7-11(2)15(17)10-13/h4-10H,3,19H2,1-2H3. The molecule has 0 spiro atoms. The molecule has 0 aliphatic carbocycles. The van der Waals surface area contributed by atoms with Gasteiger partial charge in [0, 0.05) is 5.02 Å². The van der Waals surface area contributed by atoms with E-state index >= 15 is 0 Å². The van der Waals surface area contributed by atoms with Crippen LogP contribution >= 0.6 is 11.6 Å². The Bertz CT molecular complexity index is 597. The third-order valence-corrected chi connectivity index (χ3v) is 3.99. The first-order valence-corrected chi connectivity index (χ1v) is 6.66. The molecule has 0 saturated carbocycles. The highest BCUT2D eigenvalue weighted by atomic mass is 35.5. The van der Waals surface area contributed by atoms with Crippen molar-refractivity contribution in [2.24, 2.45) is 5.73 Å². The van der Waals surface area contributed by atoms with Crippen molar-refractivity contribution >= 4 is 11.6 Å². The van der Waals surface area contributed by atoms with Crippen molar-refractivity contribution < 1.29 is 4.39 Å². The molecular weight excluding hydrogens is 261 g/mol. The van der Waals surface area contributed by atoms with E-state index in [-0.39, 0.29) is 5.82 Å². The fraction of sp³-hybridized carbons (Fsp3) is 0.250. The average molecular weight is 278 g/mol. The van der Waals surface area contributed by atoms with E-state index in [0.29, 0.717) is 11.4 Å². The van der Waals surface area contributed by atoms with Gasteiger partial charge in [0.15, 0.2) is 0 Å². The molecule has 0 bridgehead atoms. The second-order valence-corrected chi connectivity index (χ2v) is 5.21. The number of benzene rings is 2. The van der Waals surface area contributed by atoms with E-state index in [9.17, 15) is 4.39 Å². The second-order valence-electron chi connectivity index (χ2n) is 4.80. The minimum atomic E-state index is -0.723. The predicted molar refractivity (Wildman–Crippen MR) is 77.8 cm³/mol. The van der Waals surface area contributed by atoms with Crippen molar-refractivity contribution in [3.05, 3.63) is 70.0 Å². The molecule has 2 aromatic rings. The van der Waals surface area contributed by atoms with E-state index < -0.39 is 5.54 Å². The summed E-state index contributed by atoms with van der Waals surface area (Å²) in [5.74, 6) is -0.279. The van der Waals surface area contributed by atoms with Gasteiger partial charge in [-0.15, -0.1) is 0 Å². The number of nitrogens with two attached hydrogens (primary N) is 1. The minimum Gasteiger partial charge on any atom is -0.318 e. The Kier molecular flexibility index (Phi) is 3.93. The van der Waals surface area contributed by atoms with Gasteiger partial charge in [0.25, 0.3) is 0 Å². The highest BCUT2D eigenvalue weighted by Gasteiger charge is 2.28. The number of rotatable bonds is 3. The number of hydrogen-bond acceptors (Lipinski definition) is 1. The zero-order valence-electron chi connectivity index (χ0n) is 11.1. The number of aryl methyl sites for hydroxylation is 1. The van der Waals surface area contributed by atoms with Crippen LogP contribution in [0.4, 0.5) is 4.39 Å². The van der Waals surface area contributed by atoms with Gasteiger partial charge in [-0.1, -0.05) is 42.8 Å². The maximum Gasteiger partial charge on any atom is 0.123 e. The van der Waals surface area contributed by atoms with Crippen LogP contribution in [0.25, 0.3) is 0 Å². The molecule has 2 aromatic carbocycles. The lowest BCUT2D eigenvalue weighted by atomic mass is 9.81. The lowest BCUT2D eigenvalue weighted by molar-refractivity contribution is 0.512. The van der Waals surface area contributed by atoms with E-state index in [1.54, 1.807) is 6.07 Å². The fourth-order valence-electron chi connectivity index (χ4n) is 2.21. The summed E-state index contributed by atoms with van der Waals surface area (Å²) in [6.45, 7) is 3.93. The molecule has 2 rings (SSSR count). The summed E-state index contributed by atoms with van der Waals surface area (Å²) in [7, 11) is 0. The molecule has 0 fully saturated rings. The molecule has 0 aliphatic rings. The number of halogens is 2. The van der Waals surface area contributed by atoms with E-state index in [0.717, 1.165) is 16.7 Å². The van der Waals surface area contributed by atoms with Crippen LogP contribution in [-0.4, -0.2) is 0 Å². The van der Waals surface area contributed by atoms with Gasteiger partial charge >= 0.3 is 0 Å². The summed E-state index contributed by atoms with van der Waals surface area (Å²) < 4.78 is 13.4. The van der Waals surface area contributed by atoms with Crippen LogP contribution in [0.3, 0.4) is 0 Å². The van der Waals surface area contributed by atoms with Gasteiger partial charge in [-0.05, 0) is 48.2 Å². The maximum absolute atomic E-state index is 13.4. The smallest absolute Gasteiger partial charge is 0.123 e. The maximum atomic E-state index is 13.4. The summed E-state index contributed by atoms with van der Waals surface area (Å²) in [6.07, 6.45) is 0.663. The molecule has 0 heterocycles. The van der Waals surface area contributed by atoms with Crippen LogP contribution in [0, 0.1) is 12.7 Å². The first kappa shape index (κ1) is 14.0. The summed E-state index contributed by atoms with van der Waals surface area (Å²) in [5, 5.41) is 0.678. The average Bonchev–Trinajstić information content (AvgIpc) is 2.41. The van der Waals surface area contributed by atoms with Crippen molar-refractivity contribution in [1.82, 2.24) is 0 Å². The van der Waals surface area contributed by atoms with Crippen molar-refractivity contribution in [2.45, 2.75) is 25.8 Å². The third-order valence-electron chi connectivity index (χ3n) is 3.58. The third kappa shape index (κ3) is 2.65. The molecule has 0 saturated heterocycles. The zero-order chi connectivity index (χ0) is 14.0. The summed E-state index contributed by atoms with van der Waals surface area (Å²) in [6, 6.07) is 12.2. The molecule has 1 atom stereocenters. The molecular formula is C16H17ClFN. The normalized spacial score (nSPS) is 14.2. The van der Waals surface area contributed by atoms with E-state index in [1.165, 1.54) is 12.1 Å². The molecule has 0 amide bonds. The summed E-state index contributed by atoms with van der Waals surface area (Å²) in [4.78, 5) is 0. The molecule has 0 radical (unpaired) electrons. The lowest BCUT2D eigenvalue weighted by Gasteiger charge is -2.30. The monoisotopic (exact) mass is 277 g/mol. The van der Waals surface area contributed by atoms with Crippen LogP contribution in [0.15, 0.2) is 42.5 Å². The molecule has 2 N–H and O–H groups in total. The minimum absolute atomic E-state index is 0.279. The number of hydrogen-bond donors (Lipinski definition) is 1. The Morgan fingerprint density at radius 2 is 1.84 bits per heavy atom. The van der Waals surface area contributed by atoms with E-state index in [4.69, 9.17) is 17.3 Å². The Morgan fingerprint density at radius 3 is 2.42 bits per heavy atom. The van der Waals surface area contributed by atoms with Crippen LogP contribution in [0.1, 0.15) is 30.0 Å². The van der Waals surface area contributed by atoms with Crippen LogP contribution < -0.4 is 5.73 Å². The SMILES string of the molecule is CCC(N)(c1cccc(F)c1)c1ccc(C)c(Cl)c1. The van der Waals surface area contributed by atoms with Gasteiger partial charge in [-0.3, -0.25) is 0 Å². The summed E-state index contributed by atoms with van der Waals surface area (Å²) >= 11 is 6.17. The van der Waals surface area contributed by atoms with Gasteiger partial charge in [-0.25, -0.2) is 4.39 Å². The highest BCUT2D eigenvalue weighted by molar-refractivity contribution is 6.31. The summed E-state index contributed by atoms with van der Waals surface area (Å²) in [5.41, 5.74) is 8.44. The van der Waals surface area contributed by atoms with Gasteiger partial charge in [-0.2, -0.15) is 0 Å². The topological polar surface area (TPSA) is 26.0 Å². The van der Waals surface area contributed by atoms with Crippen molar-refractivity contribution in [3.63, 3.8) is 0 Å². The molecule has 1 nitrogen and oxygen atoms in total. The first-order valence-electron chi connectivity index (χ1n) is 6.29. The Labute approximate surface area is 118 Å². The molecule has 19 heavy (non-hydrogen) atoms. The van der Waals surface area contributed by atoms with Crippen molar-refractivity contribution in [2.75, 3.05) is 0 Å². The van der Waals surface area contributed by atoms with E-state index in [2.05, 4.69) is 0 Å². The molecule has 3 heteroatoms. The molecule has 0 aromatic heterocycles. The molecule has 1 unspecified atom stereocenters. The largest absolute Gasteiger partial charge is 0.318 e. The quantitative estimate of drug-likeness (QED) is 0.884. The Hall–Kier alpha value is -1.38. The zero-order valence-corrected chi connectivity index (χ0v) is 11.8. The fourth-order valence-corrected chi connectivity index (χ4v) is 2.39. The van der Waals surface area contributed by atoms with Crippen LogP contribution in [-0.2, 0) is 5.54 Å². The first-order chi connectivity index (χ1) is 8.97. The van der Waals surface area contributed by atoms with Gasteiger partial charge in [0.05, 0.1) is 5.54 Å². The van der Waals surface area contributed by atoms with Crippen LogP contribution in [0.2, 0.25) is 5.02 Å². The lowest BCUT2D eigenvalue weighted by Crippen LogP contribution is -2.37. The van der Waals surface area contributed by atoms with Gasteiger partial charge in [0.1, 0.15) is 5.82 Å². The van der Waals surface area contributed by atoms with Crippen molar-refractivity contribution in [3.8, 4) is 0 Å². The Balaban J connectivity index is 2.56. The highest BCUT2D eigenvalue weighted by Crippen LogP contribution is 2.32. The Morgan fingerprint density at radius 1 is 1.16 bits per heavy atom.